The van der Waals surface area contributed by atoms with E-state index >= 15 is 0 Å². The number of benzene rings is 4. The molecule has 4 aliphatic heterocycles. The lowest BCUT2D eigenvalue weighted by molar-refractivity contribution is -0.134. The van der Waals surface area contributed by atoms with E-state index in [2.05, 4.69) is 131 Å². The summed E-state index contributed by atoms with van der Waals surface area (Å²) in [5, 5.41) is 1.42. The van der Waals surface area contributed by atoms with Crippen LogP contribution in [0, 0.1) is 13.8 Å². The van der Waals surface area contributed by atoms with Crippen molar-refractivity contribution in [2.24, 2.45) is 0 Å². The van der Waals surface area contributed by atoms with Crippen LogP contribution >= 0.6 is 23.2 Å². The Hall–Kier alpha value is -5.18. The number of hydrogen-bond acceptors (Lipinski definition) is 4. The highest BCUT2D eigenvalue weighted by Gasteiger charge is 2.47. The molecule has 2 aromatic heterocycles. The second-order valence-corrected chi connectivity index (χ2v) is 19.1. The molecular formula is C52H56Cl2N6O2. The Kier molecular flexibility index (Phi) is 11.2. The number of fused-ring (bicyclic) bond motifs is 6. The molecule has 2 saturated heterocycles. The van der Waals surface area contributed by atoms with Crippen LogP contribution in [0.2, 0.25) is 10.0 Å². The van der Waals surface area contributed by atoms with Gasteiger partial charge >= 0.3 is 0 Å². The van der Waals surface area contributed by atoms with Crippen molar-refractivity contribution in [3.05, 3.63) is 153 Å². The van der Waals surface area contributed by atoms with Crippen molar-refractivity contribution >= 4 is 35.0 Å². The summed E-state index contributed by atoms with van der Waals surface area (Å²) >= 11 is 12.5. The lowest BCUT2D eigenvalue weighted by Gasteiger charge is -2.35. The highest BCUT2D eigenvalue weighted by Crippen LogP contribution is 2.52. The first-order chi connectivity index (χ1) is 29.8. The number of rotatable bonds is 8. The van der Waals surface area contributed by atoms with Gasteiger partial charge < -0.3 is 18.9 Å². The van der Waals surface area contributed by atoms with Crippen LogP contribution in [0.15, 0.2) is 110 Å². The lowest BCUT2D eigenvalue weighted by Crippen LogP contribution is -2.40. The molecule has 2 fully saturated rings. The molecule has 0 spiro atoms. The van der Waals surface area contributed by atoms with Gasteiger partial charge in [0.1, 0.15) is 11.6 Å². The van der Waals surface area contributed by atoms with Crippen LogP contribution in [0.1, 0.15) is 112 Å². The van der Waals surface area contributed by atoms with Gasteiger partial charge in [-0.05, 0) is 127 Å². The molecule has 6 unspecified atom stereocenters. The maximum absolute atomic E-state index is 13.4. The Morgan fingerprint density at radius 3 is 1.27 bits per heavy atom. The average Bonchev–Trinajstić information content (AvgIpc) is 4.12. The van der Waals surface area contributed by atoms with Crippen LogP contribution in [0.5, 0.6) is 0 Å². The molecular weight excluding hydrogens is 812 g/mol. The summed E-state index contributed by atoms with van der Waals surface area (Å²) in [5.74, 6) is 2.41. The minimum absolute atomic E-state index is 0.244. The predicted octanol–water partition coefficient (Wildman–Crippen LogP) is 11.6. The minimum Gasteiger partial charge on any atom is -0.337 e. The highest BCUT2D eigenvalue weighted by atomic mass is 35.5. The zero-order valence-electron chi connectivity index (χ0n) is 36.6. The van der Waals surface area contributed by atoms with E-state index in [-0.39, 0.29) is 11.8 Å². The van der Waals surface area contributed by atoms with Gasteiger partial charge in [0, 0.05) is 83.0 Å². The molecule has 10 rings (SSSR count). The van der Waals surface area contributed by atoms with E-state index in [1.54, 1.807) is 0 Å². The number of carbonyl (C=O) groups is 2. The summed E-state index contributed by atoms with van der Waals surface area (Å²) in [7, 11) is 0. The van der Waals surface area contributed by atoms with Crippen molar-refractivity contribution < 1.29 is 9.59 Å². The molecule has 4 aromatic carbocycles. The van der Waals surface area contributed by atoms with Gasteiger partial charge in [-0.3, -0.25) is 9.59 Å². The van der Waals surface area contributed by atoms with Crippen LogP contribution in [0.3, 0.4) is 0 Å². The van der Waals surface area contributed by atoms with Crippen LogP contribution in [0.4, 0.5) is 0 Å². The Morgan fingerprint density at radius 1 is 0.565 bits per heavy atom. The van der Waals surface area contributed by atoms with Gasteiger partial charge in [0.15, 0.2) is 0 Å². The normalized spacial score (nSPS) is 24.3. The molecule has 62 heavy (non-hydrogen) atoms. The molecule has 320 valence electrons. The van der Waals surface area contributed by atoms with Gasteiger partial charge in [-0.1, -0.05) is 95.0 Å². The Balaban J connectivity index is 0.000000158. The standard InChI is InChI=1S/2C26H28ClN3O/c2*1-17-4-11-22-23(16-17)26(29-15-14-28-25(22)29,20-7-9-21(27)10-8-20)13-12-24(31)30-18(2)5-6-19(30)3/h2*4,7-11,14-16,18-19H,5-6,12-13H2,1-3H3. The summed E-state index contributed by atoms with van der Waals surface area (Å²) in [6, 6.07) is 30.5. The molecule has 6 atom stereocenters. The number of amides is 2. The maximum Gasteiger partial charge on any atom is 0.223 e. The van der Waals surface area contributed by atoms with Gasteiger partial charge in [0.05, 0.1) is 11.1 Å². The summed E-state index contributed by atoms with van der Waals surface area (Å²) in [4.78, 5) is 40.3. The van der Waals surface area contributed by atoms with E-state index in [9.17, 15) is 9.59 Å². The number of nitrogens with zero attached hydrogens (tertiary/aromatic N) is 6. The highest BCUT2D eigenvalue weighted by molar-refractivity contribution is 6.30. The summed E-state index contributed by atoms with van der Waals surface area (Å²) in [6.07, 6.45) is 14.5. The largest absolute Gasteiger partial charge is 0.337 e. The zero-order chi connectivity index (χ0) is 43.5. The third-order valence-corrected chi connectivity index (χ3v) is 14.9. The van der Waals surface area contributed by atoms with Crippen LogP contribution < -0.4 is 0 Å². The van der Waals surface area contributed by atoms with Gasteiger partial charge in [0.25, 0.3) is 0 Å². The fraction of sp³-hybridized carbons (Fsp3) is 0.385. The molecule has 0 bridgehead atoms. The Bertz CT molecular complexity index is 2430. The van der Waals surface area contributed by atoms with E-state index in [0.29, 0.717) is 59.9 Å². The molecule has 0 saturated carbocycles. The summed E-state index contributed by atoms with van der Waals surface area (Å²) in [6.45, 7) is 12.9. The second-order valence-electron chi connectivity index (χ2n) is 18.2. The Labute approximate surface area is 375 Å². The zero-order valence-corrected chi connectivity index (χ0v) is 38.1. The topological polar surface area (TPSA) is 76.3 Å². The average molecular weight is 868 g/mol. The first kappa shape index (κ1) is 42.1. The van der Waals surface area contributed by atoms with Crippen molar-refractivity contribution in [1.29, 1.82) is 0 Å². The van der Waals surface area contributed by atoms with Gasteiger partial charge in [-0.2, -0.15) is 0 Å². The smallest absolute Gasteiger partial charge is 0.223 e. The van der Waals surface area contributed by atoms with E-state index in [4.69, 9.17) is 23.2 Å². The first-order valence-corrected chi connectivity index (χ1v) is 23.0. The third-order valence-electron chi connectivity index (χ3n) is 14.4. The predicted molar refractivity (Wildman–Crippen MR) is 249 cm³/mol. The number of hydrogen-bond donors (Lipinski definition) is 0. The van der Waals surface area contributed by atoms with E-state index in [1.807, 2.05) is 49.1 Å². The molecule has 6 heterocycles. The monoisotopic (exact) mass is 866 g/mol. The first-order valence-electron chi connectivity index (χ1n) is 22.3. The van der Waals surface area contributed by atoms with E-state index in [1.165, 1.54) is 22.3 Å². The molecule has 8 nitrogen and oxygen atoms in total. The lowest BCUT2D eigenvalue weighted by atomic mass is 9.78. The third kappa shape index (κ3) is 6.98. The van der Waals surface area contributed by atoms with E-state index in [0.717, 1.165) is 59.6 Å². The maximum atomic E-state index is 13.4. The van der Waals surface area contributed by atoms with Gasteiger partial charge in [-0.15, -0.1) is 0 Å². The fourth-order valence-electron chi connectivity index (χ4n) is 11.3. The summed E-state index contributed by atoms with van der Waals surface area (Å²) in [5.41, 5.74) is 8.45. The van der Waals surface area contributed by atoms with Crippen molar-refractivity contribution in [2.45, 2.75) is 128 Å². The minimum atomic E-state index is -0.473. The van der Waals surface area contributed by atoms with Gasteiger partial charge in [0.2, 0.25) is 11.8 Å². The molecule has 4 aliphatic rings. The van der Waals surface area contributed by atoms with Crippen molar-refractivity contribution in [3.8, 4) is 22.8 Å². The Morgan fingerprint density at radius 2 is 0.919 bits per heavy atom. The van der Waals surface area contributed by atoms with Crippen molar-refractivity contribution in [2.75, 3.05) is 0 Å². The number of carbonyl (C=O) groups excluding carboxylic acids is 2. The van der Waals surface area contributed by atoms with Crippen LogP contribution in [-0.2, 0) is 20.7 Å². The molecule has 2 amide bonds. The number of aryl methyl sites for hydroxylation is 2. The number of aromatic nitrogens is 4. The number of likely N-dealkylation sites (tertiary alicyclic amines) is 2. The SMILES string of the molecule is Cc1ccc2c(c1)C(CCC(=O)N1C(C)CCC1C)(c1ccc(Cl)cc1)n1ccnc1-2.Cc1ccc2c(c1)C(CCC(=O)N1C(C)CCC1C)(c1ccc(Cl)cc1)n1ccnc1-2. The molecule has 0 N–H and O–H groups in total. The van der Waals surface area contributed by atoms with Crippen LogP contribution in [-0.4, -0.2) is 64.9 Å². The van der Waals surface area contributed by atoms with Crippen LogP contribution in [0.25, 0.3) is 22.8 Å². The summed E-state index contributed by atoms with van der Waals surface area (Å²) < 4.78 is 4.51. The van der Waals surface area contributed by atoms with Crippen molar-refractivity contribution in [1.82, 2.24) is 28.9 Å². The number of imidazole rings is 2. The second kappa shape index (κ2) is 16.5. The quantitative estimate of drug-likeness (QED) is 0.153. The van der Waals surface area contributed by atoms with Gasteiger partial charge in [-0.25, -0.2) is 9.97 Å². The van der Waals surface area contributed by atoms with Crippen molar-refractivity contribution in [3.63, 3.8) is 0 Å². The molecule has 10 heteroatoms. The number of halogens is 2. The molecule has 0 radical (unpaired) electrons. The fourth-order valence-corrected chi connectivity index (χ4v) is 11.6. The molecule has 6 aromatic rings. The van der Waals surface area contributed by atoms with E-state index < -0.39 is 11.1 Å². The molecule has 0 aliphatic carbocycles.